The van der Waals surface area contributed by atoms with Crippen molar-refractivity contribution in [3.8, 4) is 5.75 Å². The van der Waals surface area contributed by atoms with E-state index in [0.717, 1.165) is 25.3 Å². The second-order valence-corrected chi connectivity index (χ2v) is 8.15. The second kappa shape index (κ2) is 11.2. The van der Waals surface area contributed by atoms with Crippen molar-refractivity contribution in [2.75, 3.05) is 23.3 Å². The van der Waals surface area contributed by atoms with Crippen LogP contribution in [0.25, 0.3) is 0 Å². The average molecular weight is 452 g/mol. The van der Waals surface area contributed by atoms with E-state index in [0.29, 0.717) is 18.9 Å². The number of carbonyl (C=O) groups excluding carboxylic acids is 1. The fourth-order valence-electron chi connectivity index (χ4n) is 2.60. The lowest BCUT2D eigenvalue weighted by Crippen LogP contribution is -2.16. The predicted octanol–water partition coefficient (Wildman–Crippen LogP) is 4.53. The SMILES string of the molecule is CCCCCOC(=O)Nc1ccc(S(=O)(=O)Nc2ccc(OCC)cc2[N+](=O)[O-])cc1. The summed E-state index contributed by atoms with van der Waals surface area (Å²) in [4.78, 5) is 22.2. The van der Waals surface area contributed by atoms with E-state index in [1.807, 2.05) is 6.92 Å². The summed E-state index contributed by atoms with van der Waals surface area (Å²) in [5, 5.41) is 13.8. The number of benzene rings is 2. The molecule has 11 heteroatoms. The van der Waals surface area contributed by atoms with Gasteiger partial charge in [-0.05, 0) is 49.7 Å². The highest BCUT2D eigenvalue weighted by Gasteiger charge is 2.22. The fourth-order valence-corrected chi connectivity index (χ4v) is 3.67. The molecule has 0 radical (unpaired) electrons. The number of sulfonamides is 1. The first-order valence-corrected chi connectivity index (χ1v) is 11.2. The molecule has 0 atom stereocenters. The van der Waals surface area contributed by atoms with Gasteiger partial charge in [0.15, 0.2) is 0 Å². The van der Waals surface area contributed by atoms with Crippen LogP contribution in [0.1, 0.15) is 33.1 Å². The standard InChI is InChI=1S/C20H25N3O7S/c1-3-5-6-13-30-20(24)21-15-7-10-17(11-8-15)31(27,28)22-18-12-9-16(29-4-2)14-19(18)23(25)26/h7-12,14,22H,3-6,13H2,1-2H3,(H,21,24). The normalized spacial score (nSPS) is 10.9. The molecule has 0 aliphatic rings. The number of carbonyl (C=O) groups is 1. The van der Waals surface area contributed by atoms with Crippen molar-refractivity contribution >= 4 is 33.2 Å². The molecule has 0 saturated carbocycles. The van der Waals surface area contributed by atoms with Crippen LogP contribution in [0.3, 0.4) is 0 Å². The van der Waals surface area contributed by atoms with Crippen molar-refractivity contribution in [3.63, 3.8) is 0 Å². The Morgan fingerprint density at radius 3 is 2.42 bits per heavy atom. The Morgan fingerprint density at radius 2 is 1.81 bits per heavy atom. The number of amides is 1. The number of nitro benzene ring substituents is 1. The Balaban J connectivity index is 2.09. The Labute approximate surface area is 180 Å². The summed E-state index contributed by atoms with van der Waals surface area (Å²) in [5.41, 5.74) is -0.267. The van der Waals surface area contributed by atoms with E-state index in [4.69, 9.17) is 9.47 Å². The summed E-state index contributed by atoms with van der Waals surface area (Å²) in [6, 6.07) is 9.20. The van der Waals surface area contributed by atoms with Crippen LogP contribution in [0.5, 0.6) is 5.75 Å². The minimum absolute atomic E-state index is 0.127. The monoisotopic (exact) mass is 451 g/mol. The van der Waals surface area contributed by atoms with Crippen LogP contribution >= 0.6 is 0 Å². The van der Waals surface area contributed by atoms with Crippen molar-refractivity contribution in [2.24, 2.45) is 0 Å². The first-order chi connectivity index (χ1) is 14.8. The van der Waals surface area contributed by atoms with E-state index in [1.165, 1.54) is 36.4 Å². The number of nitro groups is 1. The van der Waals surface area contributed by atoms with Crippen LogP contribution < -0.4 is 14.8 Å². The maximum atomic E-state index is 12.6. The van der Waals surface area contributed by atoms with Crippen molar-refractivity contribution in [1.29, 1.82) is 0 Å². The van der Waals surface area contributed by atoms with Crippen LogP contribution in [0.4, 0.5) is 21.9 Å². The Hall–Kier alpha value is -3.34. The zero-order valence-corrected chi connectivity index (χ0v) is 18.1. The van der Waals surface area contributed by atoms with Crippen LogP contribution in [-0.2, 0) is 14.8 Å². The molecule has 0 unspecified atom stereocenters. The van der Waals surface area contributed by atoms with E-state index in [9.17, 15) is 23.3 Å². The molecule has 0 fully saturated rings. The molecule has 0 bridgehead atoms. The van der Waals surface area contributed by atoms with Gasteiger partial charge in [-0.15, -0.1) is 0 Å². The molecule has 168 valence electrons. The molecule has 2 rings (SSSR count). The number of rotatable bonds is 11. The molecule has 0 aliphatic carbocycles. The fraction of sp³-hybridized carbons (Fsp3) is 0.350. The molecule has 1 amide bonds. The second-order valence-electron chi connectivity index (χ2n) is 6.47. The van der Waals surface area contributed by atoms with E-state index in [1.54, 1.807) is 6.92 Å². The summed E-state index contributed by atoms with van der Waals surface area (Å²) in [7, 11) is -4.10. The van der Waals surface area contributed by atoms with E-state index in [2.05, 4.69) is 10.0 Å². The van der Waals surface area contributed by atoms with Gasteiger partial charge in [0.2, 0.25) is 0 Å². The van der Waals surface area contributed by atoms with Gasteiger partial charge in [0.25, 0.3) is 15.7 Å². The van der Waals surface area contributed by atoms with Crippen molar-refractivity contribution < 1.29 is 27.6 Å². The maximum Gasteiger partial charge on any atom is 0.411 e. The first kappa shape index (κ1) is 23.9. The third-order valence-electron chi connectivity index (χ3n) is 4.11. The van der Waals surface area contributed by atoms with Crippen LogP contribution in [-0.4, -0.2) is 32.6 Å². The van der Waals surface area contributed by atoms with Crippen molar-refractivity contribution in [2.45, 2.75) is 38.0 Å². The highest BCUT2D eigenvalue weighted by molar-refractivity contribution is 7.92. The van der Waals surface area contributed by atoms with Gasteiger partial charge in [-0.1, -0.05) is 19.8 Å². The van der Waals surface area contributed by atoms with Crippen LogP contribution in [0, 0.1) is 10.1 Å². The molecule has 0 saturated heterocycles. The van der Waals surface area contributed by atoms with Crippen LogP contribution in [0.15, 0.2) is 47.4 Å². The molecule has 2 aromatic rings. The van der Waals surface area contributed by atoms with Gasteiger partial charge in [0.1, 0.15) is 11.4 Å². The zero-order valence-electron chi connectivity index (χ0n) is 17.3. The molecule has 2 aromatic carbocycles. The van der Waals surface area contributed by atoms with E-state index >= 15 is 0 Å². The Morgan fingerprint density at radius 1 is 1.10 bits per heavy atom. The summed E-state index contributed by atoms with van der Waals surface area (Å²) in [5.74, 6) is 0.258. The number of hydrogen-bond acceptors (Lipinski definition) is 7. The largest absolute Gasteiger partial charge is 0.494 e. The molecular formula is C20H25N3O7S. The molecule has 2 N–H and O–H groups in total. The van der Waals surface area contributed by atoms with Gasteiger partial charge in [0.05, 0.1) is 29.1 Å². The third-order valence-corrected chi connectivity index (χ3v) is 5.49. The lowest BCUT2D eigenvalue weighted by atomic mass is 10.2. The van der Waals surface area contributed by atoms with Crippen molar-refractivity contribution in [1.82, 2.24) is 0 Å². The first-order valence-electron chi connectivity index (χ1n) is 9.74. The minimum Gasteiger partial charge on any atom is -0.494 e. The lowest BCUT2D eigenvalue weighted by molar-refractivity contribution is -0.384. The quantitative estimate of drug-likeness (QED) is 0.291. The third kappa shape index (κ3) is 7.14. The van der Waals surface area contributed by atoms with Crippen molar-refractivity contribution in [3.05, 3.63) is 52.6 Å². The number of unbranched alkanes of at least 4 members (excludes halogenated alkanes) is 2. The number of ether oxygens (including phenoxy) is 2. The topological polar surface area (TPSA) is 137 Å². The molecular weight excluding hydrogens is 426 g/mol. The molecule has 10 nitrogen and oxygen atoms in total. The smallest absolute Gasteiger partial charge is 0.411 e. The Bertz CT molecular complexity index is 1010. The van der Waals surface area contributed by atoms with E-state index < -0.39 is 26.7 Å². The number of nitrogens with zero attached hydrogens (tertiary/aromatic N) is 1. The lowest BCUT2D eigenvalue weighted by Gasteiger charge is -2.11. The van der Waals surface area contributed by atoms with E-state index in [-0.39, 0.29) is 16.3 Å². The summed E-state index contributed by atoms with van der Waals surface area (Å²) >= 11 is 0. The molecule has 31 heavy (non-hydrogen) atoms. The van der Waals surface area contributed by atoms with Gasteiger partial charge in [-0.2, -0.15) is 0 Å². The molecule has 0 spiro atoms. The number of nitrogens with one attached hydrogen (secondary N) is 2. The van der Waals surface area contributed by atoms with Gasteiger partial charge in [0, 0.05) is 5.69 Å². The summed E-state index contributed by atoms with van der Waals surface area (Å²) in [6.45, 7) is 4.39. The average Bonchev–Trinajstić information content (AvgIpc) is 2.72. The highest BCUT2D eigenvalue weighted by Crippen LogP contribution is 2.31. The van der Waals surface area contributed by atoms with Gasteiger partial charge in [-0.25, -0.2) is 13.2 Å². The number of anilines is 2. The molecule has 0 aromatic heterocycles. The minimum atomic E-state index is -4.10. The Kier molecular flexibility index (Phi) is 8.62. The van der Waals surface area contributed by atoms with Gasteiger partial charge >= 0.3 is 6.09 Å². The predicted molar refractivity (Wildman–Crippen MR) is 116 cm³/mol. The molecule has 0 heterocycles. The van der Waals surface area contributed by atoms with Gasteiger partial charge in [-0.3, -0.25) is 20.2 Å². The highest BCUT2D eigenvalue weighted by atomic mass is 32.2. The molecule has 0 aliphatic heterocycles. The maximum absolute atomic E-state index is 12.6. The summed E-state index contributed by atoms with van der Waals surface area (Å²) in [6.07, 6.45) is 2.10. The van der Waals surface area contributed by atoms with Gasteiger partial charge < -0.3 is 9.47 Å². The number of hydrogen-bond donors (Lipinski definition) is 2. The summed E-state index contributed by atoms with van der Waals surface area (Å²) < 4.78 is 37.8. The zero-order chi connectivity index (χ0) is 22.9. The van der Waals surface area contributed by atoms with Crippen LogP contribution in [0.2, 0.25) is 0 Å².